The molecule has 0 atom stereocenters. The number of hydrogen-bond donors (Lipinski definition) is 2. The first-order chi connectivity index (χ1) is 13.0. The second-order valence-electron chi connectivity index (χ2n) is 6.96. The minimum Gasteiger partial charge on any atom is -0.496 e. The largest absolute Gasteiger partial charge is 0.496 e. The zero-order valence-electron chi connectivity index (χ0n) is 17.2. The van der Waals surface area contributed by atoms with Crippen molar-refractivity contribution in [2.75, 3.05) is 34.8 Å². The zero-order valence-corrected chi connectivity index (χ0v) is 17.2. The number of guanidine groups is 1. The number of hydrogen-bond acceptors (Lipinski definition) is 3. The molecule has 0 heterocycles. The van der Waals surface area contributed by atoms with Crippen molar-refractivity contribution in [1.29, 1.82) is 0 Å². The Hall–Kier alpha value is -2.53. The normalized spacial score (nSPS) is 11.6. The van der Waals surface area contributed by atoms with Crippen LogP contribution in [0.3, 0.4) is 0 Å². The molecule has 0 saturated heterocycles. The SMILES string of the molecule is CN=C(NCCc1ccc(C)c(OC)c1)NCc1ccc(CN(C)C)cc1. The number of ether oxygens (including phenoxy) is 1. The summed E-state index contributed by atoms with van der Waals surface area (Å²) in [6, 6.07) is 15.0. The highest BCUT2D eigenvalue weighted by Crippen LogP contribution is 2.19. The summed E-state index contributed by atoms with van der Waals surface area (Å²) in [5.74, 6) is 1.75. The van der Waals surface area contributed by atoms with Crippen molar-refractivity contribution in [3.63, 3.8) is 0 Å². The third-order valence-electron chi connectivity index (χ3n) is 4.38. The molecule has 2 N–H and O–H groups in total. The van der Waals surface area contributed by atoms with Gasteiger partial charge in [-0.25, -0.2) is 0 Å². The summed E-state index contributed by atoms with van der Waals surface area (Å²) in [4.78, 5) is 6.47. The molecule has 0 radical (unpaired) electrons. The van der Waals surface area contributed by atoms with Gasteiger partial charge in [0.25, 0.3) is 0 Å². The van der Waals surface area contributed by atoms with Crippen LogP contribution in [0, 0.1) is 6.92 Å². The molecule has 0 spiro atoms. The highest BCUT2D eigenvalue weighted by atomic mass is 16.5. The molecule has 0 aromatic heterocycles. The first-order valence-corrected chi connectivity index (χ1v) is 9.32. The maximum Gasteiger partial charge on any atom is 0.191 e. The number of nitrogens with zero attached hydrogens (tertiary/aromatic N) is 2. The van der Waals surface area contributed by atoms with Crippen LogP contribution < -0.4 is 15.4 Å². The van der Waals surface area contributed by atoms with E-state index in [2.05, 4.69) is 84.0 Å². The van der Waals surface area contributed by atoms with Crippen LogP contribution in [0.4, 0.5) is 0 Å². The molecule has 0 bridgehead atoms. The van der Waals surface area contributed by atoms with Crippen molar-refractivity contribution >= 4 is 5.96 Å². The summed E-state index contributed by atoms with van der Waals surface area (Å²) in [6.45, 7) is 4.58. The van der Waals surface area contributed by atoms with Crippen LogP contribution in [-0.2, 0) is 19.5 Å². The van der Waals surface area contributed by atoms with E-state index >= 15 is 0 Å². The van der Waals surface area contributed by atoms with Gasteiger partial charge in [-0.05, 0) is 55.8 Å². The smallest absolute Gasteiger partial charge is 0.191 e. The van der Waals surface area contributed by atoms with Gasteiger partial charge < -0.3 is 20.3 Å². The Kier molecular flexibility index (Phi) is 8.14. The Balaban J connectivity index is 1.79. The molecule has 2 aromatic rings. The van der Waals surface area contributed by atoms with E-state index in [0.717, 1.165) is 43.3 Å². The minimum atomic E-state index is 0.750. The fraction of sp³-hybridized carbons (Fsp3) is 0.409. The molecule has 146 valence electrons. The van der Waals surface area contributed by atoms with Gasteiger partial charge in [0, 0.05) is 26.7 Å². The van der Waals surface area contributed by atoms with E-state index in [1.165, 1.54) is 16.7 Å². The van der Waals surface area contributed by atoms with E-state index < -0.39 is 0 Å². The predicted molar refractivity (Wildman–Crippen MR) is 113 cm³/mol. The van der Waals surface area contributed by atoms with Gasteiger partial charge >= 0.3 is 0 Å². The van der Waals surface area contributed by atoms with E-state index in [-0.39, 0.29) is 0 Å². The van der Waals surface area contributed by atoms with E-state index in [1.54, 1.807) is 14.2 Å². The number of benzene rings is 2. The molecule has 27 heavy (non-hydrogen) atoms. The highest BCUT2D eigenvalue weighted by molar-refractivity contribution is 5.79. The molecule has 5 heteroatoms. The third kappa shape index (κ3) is 6.94. The Labute approximate surface area is 163 Å². The van der Waals surface area contributed by atoms with Crippen molar-refractivity contribution in [1.82, 2.24) is 15.5 Å². The van der Waals surface area contributed by atoms with Crippen LogP contribution in [-0.4, -0.2) is 45.7 Å². The van der Waals surface area contributed by atoms with Gasteiger partial charge in [-0.1, -0.05) is 36.4 Å². The van der Waals surface area contributed by atoms with E-state index in [4.69, 9.17) is 4.74 Å². The lowest BCUT2D eigenvalue weighted by Crippen LogP contribution is -2.37. The van der Waals surface area contributed by atoms with Crippen LogP contribution >= 0.6 is 0 Å². The number of aliphatic imine (C=N–C) groups is 1. The second-order valence-corrected chi connectivity index (χ2v) is 6.96. The molecule has 0 aliphatic heterocycles. The number of nitrogens with one attached hydrogen (secondary N) is 2. The van der Waals surface area contributed by atoms with Gasteiger partial charge in [-0.3, -0.25) is 4.99 Å². The molecule has 5 nitrogen and oxygen atoms in total. The molecule has 2 rings (SSSR count). The van der Waals surface area contributed by atoms with Crippen LogP contribution in [0.2, 0.25) is 0 Å². The molecule has 2 aromatic carbocycles. The molecular weight excluding hydrogens is 336 g/mol. The molecule has 0 fully saturated rings. The van der Waals surface area contributed by atoms with Gasteiger partial charge in [0.15, 0.2) is 5.96 Å². The van der Waals surface area contributed by atoms with Gasteiger partial charge in [0.2, 0.25) is 0 Å². The summed E-state index contributed by atoms with van der Waals surface area (Å²) >= 11 is 0. The first kappa shape index (κ1) is 20.8. The lowest BCUT2D eigenvalue weighted by Gasteiger charge is -2.13. The monoisotopic (exact) mass is 368 g/mol. The van der Waals surface area contributed by atoms with Crippen LogP contribution in [0.5, 0.6) is 5.75 Å². The lowest BCUT2D eigenvalue weighted by atomic mass is 10.1. The summed E-state index contributed by atoms with van der Waals surface area (Å²) < 4.78 is 5.39. The van der Waals surface area contributed by atoms with Crippen molar-refractivity contribution in [2.24, 2.45) is 4.99 Å². The Morgan fingerprint density at radius 1 is 1.00 bits per heavy atom. The second kappa shape index (κ2) is 10.6. The van der Waals surface area contributed by atoms with Crippen LogP contribution in [0.15, 0.2) is 47.5 Å². The Morgan fingerprint density at radius 2 is 1.67 bits per heavy atom. The molecule has 0 saturated carbocycles. The first-order valence-electron chi connectivity index (χ1n) is 9.32. The molecule has 0 unspecified atom stereocenters. The average molecular weight is 369 g/mol. The van der Waals surface area contributed by atoms with Crippen molar-refractivity contribution < 1.29 is 4.74 Å². The molecule has 0 aliphatic rings. The number of aryl methyl sites for hydroxylation is 1. The van der Waals surface area contributed by atoms with Gasteiger partial charge in [-0.15, -0.1) is 0 Å². The molecule has 0 amide bonds. The quantitative estimate of drug-likeness (QED) is 0.556. The third-order valence-corrected chi connectivity index (χ3v) is 4.38. The van der Waals surface area contributed by atoms with Gasteiger partial charge in [0.1, 0.15) is 5.75 Å². The Morgan fingerprint density at radius 3 is 2.30 bits per heavy atom. The summed E-state index contributed by atoms with van der Waals surface area (Å²) in [6.07, 6.45) is 0.913. The topological polar surface area (TPSA) is 48.9 Å². The van der Waals surface area contributed by atoms with Gasteiger partial charge in [0.05, 0.1) is 7.11 Å². The number of rotatable bonds is 8. The number of methoxy groups -OCH3 is 1. The summed E-state index contributed by atoms with van der Waals surface area (Å²) in [5, 5.41) is 6.74. The van der Waals surface area contributed by atoms with Crippen LogP contribution in [0.1, 0.15) is 22.3 Å². The average Bonchev–Trinajstić information content (AvgIpc) is 2.66. The maximum absolute atomic E-state index is 5.39. The van der Waals surface area contributed by atoms with Crippen molar-refractivity contribution in [3.05, 3.63) is 64.7 Å². The standard InChI is InChI=1S/C22H32N4O/c1-17-6-7-18(14-21(17)27-5)12-13-24-22(23-2)25-15-19-8-10-20(11-9-19)16-26(3)4/h6-11,14H,12-13,15-16H2,1-5H3,(H2,23,24,25). The van der Waals surface area contributed by atoms with Gasteiger partial charge in [-0.2, -0.15) is 0 Å². The Bertz CT molecular complexity index is 738. The van der Waals surface area contributed by atoms with Crippen molar-refractivity contribution in [3.8, 4) is 5.75 Å². The summed E-state index contributed by atoms with van der Waals surface area (Å²) in [7, 11) is 7.67. The lowest BCUT2D eigenvalue weighted by molar-refractivity contribution is 0.402. The zero-order chi connectivity index (χ0) is 19.6. The van der Waals surface area contributed by atoms with Crippen LogP contribution in [0.25, 0.3) is 0 Å². The van der Waals surface area contributed by atoms with E-state index in [0.29, 0.717) is 0 Å². The van der Waals surface area contributed by atoms with E-state index in [9.17, 15) is 0 Å². The summed E-state index contributed by atoms with van der Waals surface area (Å²) in [5.41, 5.74) is 4.96. The predicted octanol–water partition coefficient (Wildman–Crippen LogP) is 2.97. The maximum atomic E-state index is 5.39. The molecule has 0 aliphatic carbocycles. The minimum absolute atomic E-state index is 0.750. The fourth-order valence-electron chi connectivity index (χ4n) is 2.88. The highest BCUT2D eigenvalue weighted by Gasteiger charge is 2.03. The fourth-order valence-corrected chi connectivity index (χ4v) is 2.88. The van der Waals surface area contributed by atoms with Crippen molar-refractivity contribution in [2.45, 2.75) is 26.4 Å². The van der Waals surface area contributed by atoms with E-state index in [1.807, 2.05) is 0 Å². The molecular formula is C22H32N4O.